The van der Waals surface area contributed by atoms with Gasteiger partial charge in [0.15, 0.2) is 11.6 Å². The first-order valence-corrected chi connectivity index (χ1v) is 7.29. The number of aromatic nitrogens is 2. The third kappa shape index (κ3) is 3.00. The molecule has 0 spiro atoms. The van der Waals surface area contributed by atoms with Crippen LogP contribution in [0.15, 0.2) is 23.3 Å². The molecule has 2 aromatic rings. The Hall–Kier alpha value is -1.86. The number of benzene rings is 1. The lowest BCUT2D eigenvalue weighted by Gasteiger charge is -2.32. The summed E-state index contributed by atoms with van der Waals surface area (Å²) in [7, 11) is 2.09. The van der Waals surface area contributed by atoms with Gasteiger partial charge in [-0.25, -0.2) is 13.8 Å². The standard InChI is InChI=1S/C15H18F2N4O/c1-19-2-4-20(5-3-19)6-7-21-10-18-14-9-13(17)12(16)8-11(14)15(21)22/h8-10H,2-7H2,1H3. The second-order valence-electron chi connectivity index (χ2n) is 5.67. The molecular weight excluding hydrogens is 290 g/mol. The quantitative estimate of drug-likeness (QED) is 0.846. The maximum atomic E-state index is 13.3. The van der Waals surface area contributed by atoms with Crippen LogP contribution in [0.4, 0.5) is 8.78 Å². The molecule has 1 aliphatic rings. The summed E-state index contributed by atoms with van der Waals surface area (Å²) in [5.41, 5.74) is -0.155. The van der Waals surface area contributed by atoms with Gasteiger partial charge in [-0.2, -0.15) is 0 Å². The first-order valence-electron chi connectivity index (χ1n) is 7.29. The van der Waals surface area contributed by atoms with Crippen molar-refractivity contribution in [3.05, 3.63) is 40.4 Å². The van der Waals surface area contributed by atoms with Crippen LogP contribution in [-0.2, 0) is 6.54 Å². The molecule has 1 saturated heterocycles. The van der Waals surface area contributed by atoms with Gasteiger partial charge in [0.2, 0.25) is 0 Å². The van der Waals surface area contributed by atoms with E-state index in [1.54, 1.807) is 0 Å². The number of nitrogens with zero attached hydrogens (tertiary/aromatic N) is 4. The first-order chi connectivity index (χ1) is 10.5. The van der Waals surface area contributed by atoms with E-state index in [1.165, 1.54) is 10.9 Å². The van der Waals surface area contributed by atoms with E-state index in [0.29, 0.717) is 6.54 Å². The summed E-state index contributed by atoms with van der Waals surface area (Å²) in [6, 6.07) is 1.88. The minimum Gasteiger partial charge on any atom is -0.304 e. The number of piperazine rings is 1. The molecule has 1 fully saturated rings. The van der Waals surface area contributed by atoms with E-state index >= 15 is 0 Å². The SMILES string of the molecule is CN1CCN(CCn2cnc3cc(F)c(F)cc3c2=O)CC1. The number of fused-ring (bicyclic) bond motifs is 1. The van der Waals surface area contributed by atoms with Crippen LogP contribution in [0.1, 0.15) is 0 Å². The summed E-state index contributed by atoms with van der Waals surface area (Å²) in [6.07, 6.45) is 1.40. The van der Waals surface area contributed by atoms with Gasteiger partial charge < -0.3 is 4.90 Å². The van der Waals surface area contributed by atoms with Crippen LogP contribution < -0.4 is 5.56 Å². The van der Waals surface area contributed by atoms with Crippen molar-refractivity contribution in [2.45, 2.75) is 6.54 Å². The van der Waals surface area contributed by atoms with Crippen molar-refractivity contribution in [1.29, 1.82) is 0 Å². The van der Waals surface area contributed by atoms with E-state index in [0.717, 1.165) is 44.9 Å². The molecule has 1 aromatic carbocycles. The highest BCUT2D eigenvalue weighted by molar-refractivity contribution is 5.77. The number of hydrogen-bond acceptors (Lipinski definition) is 4. The van der Waals surface area contributed by atoms with Crippen LogP contribution in [-0.4, -0.2) is 59.1 Å². The predicted octanol–water partition coefficient (Wildman–Crippen LogP) is 0.922. The highest BCUT2D eigenvalue weighted by Crippen LogP contribution is 2.13. The second-order valence-corrected chi connectivity index (χ2v) is 5.67. The van der Waals surface area contributed by atoms with Crippen molar-refractivity contribution in [1.82, 2.24) is 19.4 Å². The molecule has 22 heavy (non-hydrogen) atoms. The molecule has 2 heterocycles. The fourth-order valence-electron chi connectivity index (χ4n) is 2.63. The highest BCUT2D eigenvalue weighted by Gasteiger charge is 2.14. The van der Waals surface area contributed by atoms with Crippen LogP contribution in [0, 0.1) is 11.6 Å². The molecule has 0 saturated carbocycles. The van der Waals surface area contributed by atoms with Crippen LogP contribution in [0.2, 0.25) is 0 Å². The molecule has 5 nitrogen and oxygen atoms in total. The fraction of sp³-hybridized carbons (Fsp3) is 0.467. The largest absolute Gasteiger partial charge is 0.304 e. The number of rotatable bonds is 3. The third-order valence-electron chi connectivity index (χ3n) is 4.12. The molecule has 3 rings (SSSR count). The molecule has 1 aromatic heterocycles. The fourth-order valence-corrected chi connectivity index (χ4v) is 2.63. The van der Waals surface area contributed by atoms with Crippen molar-refractivity contribution in [2.24, 2.45) is 0 Å². The number of hydrogen-bond donors (Lipinski definition) is 0. The Morgan fingerprint density at radius 3 is 2.50 bits per heavy atom. The van der Waals surface area contributed by atoms with Crippen molar-refractivity contribution in [2.75, 3.05) is 39.8 Å². The van der Waals surface area contributed by atoms with E-state index in [2.05, 4.69) is 21.8 Å². The molecule has 0 N–H and O–H groups in total. The molecule has 0 radical (unpaired) electrons. The van der Waals surface area contributed by atoms with E-state index in [-0.39, 0.29) is 16.5 Å². The second kappa shape index (κ2) is 6.10. The molecule has 118 valence electrons. The van der Waals surface area contributed by atoms with Crippen molar-refractivity contribution in [3.8, 4) is 0 Å². The summed E-state index contributed by atoms with van der Waals surface area (Å²) >= 11 is 0. The Kier molecular flexibility index (Phi) is 4.17. The van der Waals surface area contributed by atoms with Crippen molar-refractivity contribution >= 4 is 10.9 Å². The van der Waals surface area contributed by atoms with Crippen molar-refractivity contribution in [3.63, 3.8) is 0 Å². The zero-order chi connectivity index (χ0) is 15.7. The lowest BCUT2D eigenvalue weighted by atomic mass is 10.2. The van der Waals surface area contributed by atoms with E-state index in [9.17, 15) is 13.6 Å². The summed E-state index contributed by atoms with van der Waals surface area (Å²) < 4.78 is 27.9. The minimum absolute atomic E-state index is 0.111. The van der Waals surface area contributed by atoms with E-state index in [1.807, 2.05) is 0 Å². The Bertz CT molecular complexity index is 738. The molecule has 1 aliphatic heterocycles. The average Bonchev–Trinajstić information content (AvgIpc) is 2.50. The molecule has 7 heteroatoms. The van der Waals surface area contributed by atoms with Gasteiger partial charge in [0.05, 0.1) is 17.2 Å². The topological polar surface area (TPSA) is 41.4 Å². The van der Waals surface area contributed by atoms with Crippen LogP contribution in [0.5, 0.6) is 0 Å². The summed E-state index contributed by atoms with van der Waals surface area (Å²) in [5, 5.41) is 0.111. The molecular formula is C15H18F2N4O. The lowest BCUT2D eigenvalue weighted by molar-refractivity contribution is 0.149. The zero-order valence-electron chi connectivity index (χ0n) is 12.4. The summed E-state index contributed by atoms with van der Waals surface area (Å²) in [6.45, 7) is 5.18. The smallest absolute Gasteiger partial charge is 0.261 e. The van der Waals surface area contributed by atoms with Crippen LogP contribution >= 0.6 is 0 Å². The van der Waals surface area contributed by atoms with Gasteiger partial charge in [0.1, 0.15) is 0 Å². The normalized spacial score (nSPS) is 17.2. The van der Waals surface area contributed by atoms with Crippen LogP contribution in [0.25, 0.3) is 10.9 Å². The Labute approximate surface area is 126 Å². The van der Waals surface area contributed by atoms with E-state index in [4.69, 9.17) is 0 Å². The maximum absolute atomic E-state index is 13.3. The van der Waals surface area contributed by atoms with Crippen LogP contribution in [0.3, 0.4) is 0 Å². The summed E-state index contributed by atoms with van der Waals surface area (Å²) in [5.74, 6) is -2.02. The molecule has 0 amide bonds. The lowest BCUT2D eigenvalue weighted by Crippen LogP contribution is -2.45. The maximum Gasteiger partial charge on any atom is 0.261 e. The average molecular weight is 308 g/mol. The molecule has 0 bridgehead atoms. The zero-order valence-corrected chi connectivity index (χ0v) is 12.4. The monoisotopic (exact) mass is 308 g/mol. The van der Waals surface area contributed by atoms with Gasteiger partial charge in [-0.1, -0.05) is 0 Å². The van der Waals surface area contributed by atoms with E-state index < -0.39 is 11.6 Å². The third-order valence-corrected chi connectivity index (χ3v) is 4.12. The first kappa shape index (κ1) is 15.1. The van der Waals surface area contributed by atoms with Gasteiger partial charge in [-0.05, 0) is 13.1 Å². The Morgan fingerprint density at radius 2 is 1.77 bits per heavy atom. The minimum atomic E-state index is -1.02. The summed E-state index contributed by atoms with van der Waals surface area (Å²) in [4.78, 5) is 20.9. The van der Waals surface area contributed by atoms with Gasteiger partial charge >= 0.3 is 0 Å². The predicted molar refractivity (Wildman–Crippen MR) is 79.9 cm³/mol. The van der Waals surface area contributed by atoms with Gasteiger partial charge in [-0.3, -0.25) is 14.3 Å². The number of halogens is 2. The molecule has 0 unspecified atom stereocenters. The number of likely N-dealkylation sites (N-methyl/N-ethyl adjacent to an activating group) is 1. The van der Waals surface area contributed by atoms with Gasteiger partial charge in [0, 0.05) is 45.3 Å². The highest BCUT2D eigenvalue weighted by atomic mass is 19.2. The van der Waals surface area contributed by atoms with Crippen molar-refractivity contribution < 1.29 is 8.78 Å². The van der Waals surface area contributed by atoms with Gasteiger partial charge in [-0.15, -0.1) is 0 Å². The molecule has 0 aliphatic carbocycles. The Balaban J connectivity index is 1.78. The molecule has 0 atom stereocenters. The Morgan fingerprint density at radius 1 is 1.09 bits per heavy atom. The van der Waals surface area contributed by atoms with Gasteiger partial charge in [0.25, 0.3) is 5.56 Å².